The van der Waals surface area contributed by atoms with Gasteiger partial charge in [-0.05, 0) is 37.6 Å². The summed E-state index contributed by atoms with van der Waals surface area (Å²) in [5, 5.41) is 2.63. The Morgan fingerprint density at radius 1 is 1.33 bits per heavy atom. The SMILES string of the molecule is Cc1csc(Oc2ccc(N)cc2C)n1. The van der Waals surface area contributed by atoms with Crippen LogP contribution < -0.4 is 10.5 Å². The zero-order chi connectivity index (χ0) is 10.8. The number of rotatable bonds is 2. The number of anilines is 1. The lowest BCUT2D eigenvalue weighted by atomic mass is 10.2. The van der Waals surface area contributed by atoms with Crippen molar-refractivity contribution in [2.75, 3.05) is 5.73 Å². The number of benzene rings is 1. The van der Waals surface area contributed by atoms with Gasteiger partial charge in [0.05, 0.1) is 5.69 Å². The number of nitrogens with two attached hydrogens (primary N) is 1. The molecule has 2 N–H and O–H groups in total. The fraction of sp³-hybridized carbons (Fsp3) is 0.182. The van der Waals surface area contributed by atoms with Gasteiger partial charge in [-0.1, -0.05) is 11.3 Å². The van der Waals surface area contributed by atoms with Crippen LogP contribution in [0.15, 0.2) is 23.6 Å². The van der Waals surface area contributed by atoms with Crippen molar-refractivity contribution in [2.45, 2.75) is 13.8 Å². The van der Waals surface area contributed by atoms with Crippen molar-refractivity contribution < 1.29 is 4.74 Å². The normalized spacial score (nSPS) is 10.3. The Balaban J connectivity index is 2.24. The second kappa shape index (κ2) is 3.90. The molecular formula is C11H12N2OS. The molecule has 78 valence electrons. The molecule has 2 aromatic rings. The molecule has 0 fully saturated rings. The lowest BCUT2D eigenvalue weighted by molar-refractivity contribution is 0.474. The highest BCUT2D eigenvalue weighted by molar-refractivity contribution is 7.11. The van der Waals surface area contributed by atoms with Gasteiger partial charge in [-0.3, -0.25) is 0 Å². The molecule has 0 atom stereocenters. The van der Waals surface area contributed by atoms with Gasteiger partial charge in [-0.2, -0.15) is 0 Å². The van der Waals surface area contributed by atoms with Crippen molar-refractivity contribution >= 4 is 17.0 Å². The van der Waals surface area contributed by atoms with E-state index in [1.165, 1.54) is 11.3 Å². The van der Waals surface area contributed by atoms with Gasteiger partial charge < -0.3 is 10.5 Å². The predicted octanol–water partition coefficient (Wildman–Crippen LogP) is 3.13. The molecule has 1 aromatic carbocycles. The molecule has 0 saturated heterocycles. The monoisotopic (exact) mass is 220 g/mol. The largest absolute Gasteiger partial charge is 0.431 e. The van der Waals surface area contributed by atoms with Gasteiger partial charge in [-0.15, -0.1) is 0 Å². The Kier molecular flexibility index (Phi) is 2.60. The zero-order valence-corrected chi connectivity index (χ0v) is 9.47. The standard InChI is InChI=1S/C11H12N2OS/c1-7-5-9(12)3-4-10(7)14-11-13-8(2)6-15-11/h3-6H,12H2,1-2H3. The van der Waals surface area contributed by atoms with Crippen LogP contribution in [0.2, 0.25) is 0 Å². The van der Waals surface area contributed by atoms with Crippen LogP contribution in [-0.2, 0) is 0 Å². The Labute approximate surface area is 92.5 Å². The van der Waals surface area contributed by atoms with Gasteiger partial charge in [0.25, 0.3) is 5.19 Å². The molecular weight excluding hydrogens is 208 g/mol. The number of thiazole rings is 1. The summed E-state index contributed by atoms with van der Waals surface area (Å²) in [6.45, 7) is 3.91. The van der Waals surface area contributed by atoms with Gasteiger partial charge in [0, 0.05) is 11.1 Å². The summed E-state index contributed by atoms with van der Waals surface area (Å²) in [7, 11) is 0. The van der Waals surface area contributed by atoms with E-state index in [-0.39, 0.29) is 0 Å². The third-order valence-electron chi connectivity index (χ3n) is 1.99. The number of hydrogen-bond acceptors (Lipinski definition) is 4. The van der Waals surface area contributed by atoms with Crippen molar-refractivity contribution in [3.63, 3.8) is 0 Å². The van der Waals surface area contributed by atoms with Gasteiger partial charge in [0.2, 0.25) is 0 Å². The Morgan fingerprint density at radius 3 is 2.73 bits per heavy atom. The first-order valence-corrected chi connectivity index (χ1v) is 5.49. The highest BCUT2D eigenvalue weighted by atomic mass is 32.1. The molecule has 0 aliphatic rings. The first-order valence-electron chi connectivity index (χ1n) is 4.61. The van der Waals surface area contributed by atoms with E-state index in [1.54, 1.807) is 0 Å². The van der Waals surface area contributed by atoms with E-state index in [9.17, 15) is 0 Å². The number of ether oxygens (including phenoxy) is 1. The van der Waals surface area contributed by atoms with Gasteiger partial charge in [-0.25, -0.2) is 4.98 Å². The highest BCUT2D eigenvalue weighted by Gasteiger charge is 2.04. The smallest absolute Gasteiger partial charge is 0.278 e. The van der Waals surface area contributed by atoms with Crippen molar-refractivity contribution in [1.29, 1.82) is 0 Å². The molecule has 1 heterocycles. The minimum atomic E-state index is 0.667. The molecule has 0 amide bonds. The van der Waals surface area contributed by atoms with Gasteiger partial charge in [0.1, 0.15) is 5.75 Å². The van der Waals surface area contributed by atoms with Crippen LogP contribution >= 0.6 is 11.3 Å². The van der Waals surface area contributed by atoms with Crippen molar-refractivity contribution in [3.05, 3.63) is 34.8 Å². The maximum absolute atomic E-state index is 5.66. The second-order valence-corrected chi connectivity index (χ2v) is 4.20. The fourth-order valence-corrected chi connectivity index (χ4v) is 1.92. The lowest BCUT2D eigenvalue weighted by Crippen LogP contribution is -1.90. The molecule has 0 aliphatic heterocycles. The minimum Gasteiger partial charge on any atom is -0.431 e. The van der Waals surface area contributed by atoms with E-state index >= 15 is 0 Å². The third-order valence-corrected chi connectivity index (χ3v) is 2.83. The first kappa shape index (κ1) is 9.98. The van der Waals surface area contributed by atoms with Gasteiger partial charge >= 0.3 is 0 Å². The van der Waals surface area contributed by atoms with E-state index in [4.69, 9.17) is 10.5 Å². The minimum absolute atomic E-state index is 0.667. The summed E-state index contributed by atoms with van der Waals surface area (Å²) in [5.41, 5.74) is 8.39. The van der Waals surface area contributed by atoms with E-state index in [2.05, 4.69) is 4.98 Å². The lowest BCUT2D eigenvalue weighted by Gasteiger charge is -2.05. The molecule has 0 spiro atoms. The fourth-order valence-electron chi connectivity index (χ4n) is 1.26. The summed E-state index contributed by atoms with van der Waals surface area (Å²) in [5.74, 6) is 0.804. The van der Waals surface area contributed by atoms with Crippen molar-refractivity contribution in [1.82, 2.24) is 4.98 Å². The molecule has 0 aliphatic carbocycles. The summed E-state index contributed by atoms with van der Waals surface area (Å²) in [6.07, 6.45) is 0. The third kappa shape index (κ3) is 2.27. The second-order valence-electron chi connectivity index (χ2n) is 3.38. The molecule has 0 unspecified atom stereocenters. The molecule has 1 aromatic heterocycles. The van der Waals surface area contributed by atoms with Crippen molar-refractivity contribution in [3.8, 4) is 10.9 Å². The molecule has 0 radical (unpaired) electrons. The van der Waals surface area contributed by atoms with E-state index in [0.29, 0.717) is 5.19 Å². The molecule has 0 saturated carbocycles. The van der Waals surface area contributed by atoms with Crippen LogP contribution in [0.25, 0.3) is 0 Å². The summed E-state index contributed by atoms with van der Waals surface area (Å²) < 4.78 is 5.64. The van der Waals surface area contributed by atoms with E-state index in [1.807, 2.05) is 37.4 Å². The zero-order valence-electron chi connectivity index (χ0n) is 8.65. The quantitative estimate of drug-likeness (QED) is 0.791. The Morgan fingerprint density at radius 2 is 2.13 bits per heavy atom. The molecule has 4 heteroatoms. The number of aromatic nitrogens is 1. The highest BCUT2D eigenvalue weighted by Crippen LogP contribution is 2.28. The number of hydrogen-bond donors (Lipinski definition) is 1. The Hall–Kier alpha value is -1.55. The van der Waals surface area contributed by atoms with Crippen LogP contribution in [0.5, 0.6) is 10.9 Å². The molecule has 2 rings (SSSR count). The summed E-state index contributed by atoms with van der Waals surface area (Å²) in [4.78, 5) is 4.23. The average Bonchev–Trinajstić information content (AvgIpc) is 2.56. The molecule has 3 nitrogen and oxygen atoms in total. The van der Waals surface area contributed by atoms with Crippen LogP contribution in [0.4, 0.5) is 5.69 Å². The van der Waals surface area contributed by atoms with E-state index < -0.39 is 0 Å². The summed E-state index contributed by atoms with van der Waals surface area (Å²) >= 11 is 1.49. The molecule has 15 heavy (non-hydrogen) atoms. The number of nitrogen functional groups attached to an aromatic ring is 1. The number of nitrogens with zero attached hydrogens (tertiary/aromatic N) is 1. The van der Waals surface area contributed by atoms with Crippen LogP contribution in [-0.4, -0.2) is 4.98 Å². The number of aryl methyl sites for hydroxylation is 2. The Bertz CT molecular complexity index is 479. The predicted molar refractivity (Wildman–Crippen MR) is 62.5 cm³/mol. The van der Waals surface area contributed by atoms with E-state index in [0.717, 1.165) is 22.7 Å². The van der Waals surface area contributed by atoms with Crippen LogP contribution in [0.1, 0.15) is 11.3 Å². The average molecular weight is 220 g/mol. The van der Waals surface area contributed by atoms with Gasteiger partial charge in [0.15, 0.2) is 0 Å². The summed E-state index contributed by atoms with van der Waals surface area (Å²) in [6, 6.07) is 5.57. The topological polar surface area (TPSA) is 48.1 Å². The van der Waals surface area contributed by atoms with Crippen LogP contribution in [0, 0.1) is 13.8 Å². The first-order chi connectivity index (χ1) is 7.15. The molecule has 0 bridgehead atoms. The van der Waals surface area contributed by atoms with Crippen molar-refractivity contribution in [2.24, 2.45) is 0 Å². The van der Waals surface area contributed by atoms with Crippen LogP contribution in [0.3, 0.4) is 0 Å². The maximum atomic E-state index is 5.66. The maximum Gasteiger partial charge on any atom is 0.278 e.